The summed E-state index contributed by atoms with van der Waals surface area (Å²) in [5.74, 6) is -0.414. The molecule has 1 aliphatic carbocycles. The number of carbonyl (C=O) groups is 2. The third kappa shape index (κ3) is 5.08. The number of benzene rings is 3. The third-order valence-corrected chi connectivity index (χ3v) is 7.46. The Morgan fingerprint density at radius 1 is 0.973 bits per heavy atom. The van der Waals surface area contributed by atoms with Crippen LogP contribution in [0, 0.1) is 12.7 Å². The molecule has 0 bridgehead atoms. The molecule has 2 atom stereocenters. The van der Waals surface area contributed by atoms with E-state index in [-0.39, 0.29) is 23.4 Å². The van der Waals surface area contributed by atoms with Gasteiger partial charge in [-0.3, -0.25) is 14.5 Å². The van der Waals surface area contributed by atoms with E-state index in [0.717, 1.165) is 36.2 Å². The number of hydrogen-bond donors (Lipinski definition) is 1. The molecule has 5 rings (SSSR count). The van der Waals surface area contributed by atoms with E-state index < -0.39 is 6.04 Å². The van der Waals surface area contributed by atoms with Crippen molar-refractivity contribution >= 4 is 23.1 Å². The van der Waals surface area contributed by atoms with Gasteiger partial charge in [-0.1, -0.05) is 73.9 Å². The maximum absolute atomic E-state index is 14.5. The lowest BCUT2D eigenvalue weighted by molar-refractivity contribution is -0.119. The Hall–Kier alpha value is -3.73. The highest BCUT2D eigenvalue weighted by Gasteiger charge is 2.41. The molecule has 5 heteroatoms. The number of Topliss-reactive ketones (excluding diaryl/α,β-unsaturated/α-hetero) is 1. The second kappa shape index (κ2) is 10.7. The molecule has 1 N–H and O–H groups in total. The van der Waals surface area contributed by atoms with Crippen LogP contribution in [-0.4, -0.2) is 11.7 Å². The molecule has 0 spiro atoms. The highest BCUT2D eigenvalue weighted by atomic mass is 19.1. The van der Waals surface area contributed by atoms with Gasteiger partial charge in [-0.2, -0.15) is 0 Å². The molecule has 3 aromatic carbocycles. The van der Waals surface area contributed by atoms with Crippen LogP contribution in [-0.2, 0) is 9.59 Å². The summed E-state index contributed by atoms with van der Waals surface area (Å²) in [6.45, 7) is 4.16. The van der Waals surface area contributed by atoms with Gasteiger partial charge in [0.05, 0.1) is 17.4 Å². The van der Waals surface area contributed by atoms with Gasteiger partial charge in [-0.05, 0) is 61.1 Å². The van der Waals surface area contributed by atoms with Crippen molar-refractivity contribution in [1.29, 1.82) is 0 Å². The summed E-state index contributed by atoms with van der Waals surface area (Å²) in [7, 11) is 0. The van der Waals surface area contributed by atoms with E-state index >= 15 is 0 Å². The van der Waals surface area contributed by atoms with E-state index in [2.05, 4.69) is 43.4 Å². The maximum atomic E-state index is 14.5. The summed E-state index contributed by atoms with van der Waals surface area (Å²) in [4.78, 5) is 29.5. The van der Waals surface area contributed by atoms with Gasteiger partial charge in [0.25, 0.3) is 0 Å². The maximum Gasteiger partial charge on any atom is 0.227 e. The van der Waals surface area contributed by atoms with Crippen LogP contribution in [0.25, 0.3) is 0 Å². The first-order valence-electron chi connectivity index (χ1n) is 13.2. The third-order valence-electron chi connectivity index (χ3n) is 7.46. The number of fused-ring (bicyclic) bond motifs is 1. The van der Waals surface area contributed by atoms with Crippen molar-refractivity contribution in [2.24, 2.45) is 0 Å². The number of unbranched alkanes of at least 4 members (excludes halogenated alkanes) is 2. The summed E-state index contributed by atoms with van der Waals surface area (Å²) in [6.07, 6.45) is 4.09. The van der Waals surface area contributed by atoms with Crippen LogP contribution in [0.15, 0.2) is 84.1 Å². The second-order valence-electron chi connectivity index (χ2n) is 10.2. The predicted molar refractivity (Wildman–Crippen MR) is 146 cm³/mol. The molecule has 0 fully saturated rings. The van der Waals surface area contributed by atoms with Crippen LogP contribution in [0.5, 0.6) is 0 Å². The van der Waals surface area contributed by atoms with Crippen LogP contribution in [0.3, 0.4) is 0 Å². The monoisotopic (exact) mass is 496 g/mol. The lowest BCUT2D eigenvalue weighted by Gasteiger charge is -2.35. The van der Waals surface area contributed by atoms with Crippen molar-refractivity contribution in [3.8, 4) is 0 Å². The number of ketones is 1. The Labute approximate surface area is 218 Å². The number of anilines is 2. The molecule has 0 aromatic heterocycles. The zero-order valence-corrected chi connectivity index (χ0v) is 21.5. The molecular formula is C32H33FN2O2. The van der Waals surface area contributed by atoms with E-state index in [1.54, 1.807) is 11.0 Å². The van der Waals surface area contributed by atoms with Gasteiger partial charge in [0, 0.05) is 24.1 Å². The SMILES string of the molecule is CCCCCC(=O)N1c2ccccc2NC2=C(C(=O)CC(c3ccc(C)cc3)C2)C1c1cccc(F)c1. The zero-order chi connectivity index (χ0) is 25.9. The minimum Gasteiger partial charge on any atom is -0.357 e. The Bertz CT molecular complexity index is 1340. The number of nitrogens with one attached hydrogen (secondary N) is 1. The van der Waals surface area contributed by atoms with Crippen LogP contribution in [0.2, 0.25) is 0 Å². The predicted octanol–water partition coefficient (Wildman–Crippen LogP) is 7.62. The van der Waals surface area contributed by atoms with Gasteiger partial charge >= 0.3 is 0 Å². The van der Waals surface area contributed by atoms with E-state index in [9.17, 15) is 14.0 Å². The van der Waals surface area contributed by atoms with Gasteiger partial charge < -0.3 is 5.32 Å². The van der Waals surface area contributed by atoms with Crippen LogP contribution in [0.4, 0.5) is 15.8 Å². The standard InChI is InChI=1S/C32H33FN2O2/c1-3-4-5-13-30(37)35-28-12-7-6-11-26(28)34-27-19-24(22-16-14-21(2)15-17-22)20-29(36)31(27)32(35)23-9-8-10-25(33)18-23/h6-12,14-18,24,32,34H,3-5,13,19-20H2,1-2H3. The first kappa shape index (κ1) is 24.9. The fraction of sp³-hybridized carbons (Fsp3) is 0.312. The summed E-state index contributed by atoms with van der Waals surface area (Å²) < 4.78 is 14.5. The van der Waals surface area contributed by atoms with Crippen LogP contribution >= 0.6 is 0 Å². The summed E-state index contributed by atoms with van der Waals surface area (Å²) in [6, 6.07) is 21.6. The van der Waals surface area contributed by atoms with Crippen molar-refractivity contribution in [2.75, 3.05) is 10.2 Å². The van der Waals surface area contributed by atoms with Gasteiger partial charge in [-0.25, -0.2) is 4.39 Å². The first-order valence-corrected chi connectivity index (χ1v) is 13.2. The lowest BCUT2D eigenvalue weighted by Crippen LogP contribution is -2.38. The second-order valence-corrected chi connectivity index (χ2v) is 10.2. The van der Waals surface area contributed by atoms with Crippen molar-refractivity contribution in [3.63, 3.8) is 0 Å². The average molecular weight is 497 g/mol. The molecule has 3 aromatic rings. The van der Waals surface area contributed by atoms with Gasteiger partial charge in [0.1, 0.15) is 5.82 Å². The number of rotatable bonds is 6. The molecule has 4 nitrogen and oxygen atoms in total. The van der Waals surface area contributed by atoms with Crippen molar-refractivity contribution in [2.45, 2.75) is 64.3 Å². The largest absolute Gasteiger partial charge is 0.357 e. The number of amides is 1. The molecule has 190 valence electrons. The number of para-hydroxylation sites is 2. The fourth-order valence-corrected chi connectivity index (χ4v) is 5.58. The molecule has 0 saturated carbocycles. The van der Waals surface area contributed by atoms with Crippen molar-refractivity contribution in [1.82, 2.24) is 0 Å². The van der Waals surface area contributed by atoms with E-state index in [4.69, 9.17) is 0 Å². The van der Waals surface area contributed by atoms with Crippen LogP contribution in [0.1, 0.15) is 74.1 Å². The van der Waals surface area contributed by atoms with Crippen molar-refractivity contribution < 1.29 is 14.0 Å². The topological polar surface area (TPSA) is 49.4 Å². The van der Waals surface area contributed by atoms with Gasteiger partial charge in [-0.15, -0.1) is 0 Å². The number of nitrogens with zero attached hydrogens (tertiary/aromatic N) is 1. The first-order chi connectivity index (χ1) is 18.0. The molecule has 2 aliphatic rings. The number of aryl methyl sites for hydroxylation is 1. The Balaban J connectivity index is 1.66. The number of carbonyl (C=O) groups excluding carboxylic acids is 2. The van der Waals surface area contributed by atoms with E-state index in [1.807, 2.05) is 30.3 Å². The lowest BCUT2D eigenvalue weighted by atomic mass is 9.78. The Morgan fingerprint density at radius 2 is 1.76 bits per heavy atom. The number of halogens is 1. The normalized spacial score (nSPS) is 19.1. The molecule has 37 heavy (non-hydrogen) atoms. The van der Waals surface area contributed by atoms with E-state index in [1.165, 1.54) is 17.7 Å². The zero-order valence-electron chi connectivity index (χ0n) is 21.5. The molecule has 0 radical (unpaired) electrons. The number of hydrogen-bond acceptors (Lipinski definition) is 3. The summed E-state index contributed by atoms with van der Waals surface area (Å²) >= 11 is 0. The highest BCUT2D eigenvalue weighted by molar-refractivity contribution is 6.06. The highest BCUT2D eigenvalue weighted by Crippen LogP contribution is 2.47. The van der Waals surface area contributed by atoms with Gasteiger partial charge in [0.2, 0.25) is 5.91 Å². The molecular weight excluding hydrogens is 463 g/mol. The number of allylic oxidation sites excluding steroid dienone is 1. The molecule has 1 aliphatic heterocycles. The molecule has 1 amide bonds. The average Bonchev–Trinajstić information content (AvgIpc) is 3.04. The minimum atomic E-state index is -0.692. The molecule has 1 heterocycles. The summed E-state index contributed by atoms with van der Waals surface area (Å²) in [5.41, 5.74) is 5.79. The fourth-order valence-electron chi connectivity index (χ4n) is 5.58. The molecule has 2 unspecified atom stereocenters. The Morgan fingerprint density at radius 3 is 2.51 bits per heavy atom. The quantitative estimate of drug-likeness (QED) is 0.357. The minimum absolute atomic E-state index is 0.00671. The van der Waals surface area contributed by atoms with E-state index in [0.29, 0.717) is 36.1 Å². The van der Waals surface area contributed by atoms with Gasteiger partial charge in [0.15, 0.2) is 5.78 Å². The summed E-state index contributed by atoms with van der Waals surface area (Å²) in [5, 5.41) is 3.54. The van der Waals surface area contributed by atoms with Crippen LogP contribution < -0.4 is 10.2 Å². The van der Waals surface area contributed by atoms with Crippen molar-refractivity contribution in [3.05, 3.63) is 107 Å². The molecule has 0 saturated heterocycles. The smallest absolute Gasteiger partial charge is 0.227 e. The Kier molecular flexibility index (Phi) is 7.22.